The van der Waals surface area contributed by atoms with Crippen LogP contribution in [-0.4, -0.2) is 12.7 Å². The second-order valence-electron chi connectivity index (χ2n) is 6.04. The summed E-state index contributed by atoms with van der Waals surface area (Å²) in [4.78, 5) is 0. The van der Waals surface area contributed by atoms with Gasteiger partial charge in [-0.1, -0.05) is 90.9 Å². The van der Waals surface area contributed by atoms with E-state index in [2.05, 4.69) is 20.8 Å². The summed E-state index contributed by atoms with van der Waals surface area (Å²) >= 11 is 0. The Kier molecular flexibility index (Phi) is 17.0. The Balaban J connectivity index is 3.40. The van der Waals surface area contributed by atoms with Crippen molar-refractivity contribution in [3.05, 3.63) is 6.92 Å². The first-order valence-electron chi connectivity index (χ1n) is 9.26. The second-order valence-corrected chi connectivity index (χ2v) is 6.04. The summed E-state index contributed by atoms with van der Waals surface area (Å²) in [7, 11) is 0. The quantitative estimate of drug-likeness (QED) is 0.286. The normalized spacial score (nSPS) is 12.8. The highest BCUT2D eigenvalue weighted by Gasteiger charge is 2.07. The van der Waals surface area contributed by atoms with E-state index < -0.39 is 0 Å². The lowest BCUT2D eigenvalue weighted by atomic mass is 10.0. The Morgan fingerprint density at radius 2 is 1.20 bits per heavy atom. The van der Waals surface area contributed by atoms with Crippen LogP contribution in [0.3, 0.4) is 0 Å². The minimum absolute atomic E-state index is 0.531. The summed E-state index contributed by atoms with van der Waals surface area (Å²) in [6.07, 6.45) is 19.3. The van der Waals surface area contributed by atoms with E-state index in [1.54, 1.807) is 0 Å². The molecule has 0 aromatic rings. The van der Waals surface area contributed by atoms with Crippen molar-refractivity contribution >= 4 is 0 Å². The van der Waals surface area contributed by atoms with Crippen LogP contribution in [0.25, 0.3) is 0 Å². The predicted molar refractivity (Wildman–Crippen MR) is 91.1 cm³/mol. The molecule has 1 unspecified atom stereocenters. The molecule has 0 rings (SSSR count). The maximum atomic E-state index is 5.87. The molecule has 1 radical (unpaired) electrons. The third-order valence-corrected chi connectivity index (χ3v) is 4.06. The average Bonchev–Trinajstić information content (AvgIpc) is 2.46. The van der Waals surface area contributed by atoms with E-state index in [9.17, 15) is 0 Å². The molecule has 0 aliphatic heterocycles. The smallest absolute Gasteiger partial charge is 0.0575 e. The molecule has 0 bridgehead atoms. The van der Waals surface area contributed by atoms with Gasteiger partial charge in [0.1, 0.15) is 0 Å². The molecule has 0 aromatic heterocycles. The molecule has 1 heteroatoms. The molecule has 0 saturated heterocycles. The molecular weight excluding hydrogens is 244 g/mol. The molecule has 0 saturated carbocycles. The van der Waals surface area contributed by atoms with Gasteiger partial charge in [-0.3, -0.25) is 0 Å². The molecule has 1 atom stereocenters. The van der Waals surface area contributed by atoms with Crippen LogP contribution in [0.15, 0.2) is 0 Å². The number of unbranched alkanes of at least 4 members (excludes halogenated alkanes) is 10. The van der Waals surface area contributed by atoms with Gasteiger partial charge in [0.05, 0.1) is 6.10 Å². The average molecular weight is 284 g/mol. The van der Waals surface area contributed by atoms with Crippen LogP contribution >= 0.6 is 0 Å². The van der Waals surface area contributed by atoms with Gasteiger partial charge in [0.15, 0.2) is 0 Å². The van der Waals surface area contributed by atoms with Crippen LogP contribution in [-0.2, 0) is 4.74 Å². The standard InChI is InChI=1S/C19H39O/c1-4-7-9-11-12-13-14-16-18-19(20-6-3)17-15-10-8-5-2/h19H,1,4-18H2,2-3H3. The molecule has 0 aliphatic rings. The van der Waals surface area contributed by atoms with Gasteiger partial charge in [0.2, 0.25) is 0 Å². The summed E-state index contributed by atoms with van der Waals surface area (Å²) in [6, 6.07) is 0. The lowest BCUT2D eigenvalue weighted by Gasteiger charge is -2.16. The first kappa shape index (κ1) is 20.0. The van der Waals surface area contributed by atoms with E-state index in [1.807, 2.05) is 0 Å². The minimum atomic E-state index is 0.531. The molecule has 0 N–H and O–H groups in total. The zero-order valence-electron chi connectivity index (χ0n) is 14.3. The predicted octanol–water partition coefficient (Wildman–Crippen LogP) is 6.71. The zero-order chi connectivity index (χ0) is 14.9. The summed E-state index contributed by atoms with van der Waals surface area (Å²) in [5, 5.41) is 0. The number of ether oxygens (including phenoxy) is 1. The minimum Gasteiger partial charge on any atom is -0.379 e. The molecule has 121 valence electrons. The molecule has 0 heterocycles. The number of rotatable bonds is 16. The molecule has 0 aromatic carbocycles. The number of hydrogen-bond acceptors (Lipinski definition) is 1. The van der Waals surface area contributed by atoms with Crippen LogP contribution in [0.5, 0.6) is 0 Å². The van der Waals surface area contributed by atoms with E-state index in [1.165, 1.54) is 83.5 Å². The van der Waals surface area contributed by atoms with E-state index in [4.69, 9.17) is 4.74 Å². The Morgan fingerprint density at radius 3 is 1.70 bits per heavy atom. The van der Waals surface area contributed by atoms with Crippen molar-refractivity contribution < 1.29 is 4.74 Å². The molecule has 0 aliphatic carbocycles. The van der Waals surface area contributed by atoms with Crippen molar-refractivity contribution in [1.29, 1.82) is 0 Å². The van der Waals surface area contributed by atoms with Crippen LogP contribution in [0, 0.1) is 6.92 Å². The summed E-state index contributed by atoms with van der Waals surface area (Å²) in [5.74, 6) is 0. The van der Waals surface area contributed by atoms with Gasteiger partial charge in [-0.2, -0.15) is 0 Å². The second kappa shape index (κ2) is 17.0. The van der Waals surface area contributed by atoms with Gasteiger partial charge in [-0.05, 0) is 19.8 Å². The van der Waals surface area contributed by atoms with Gasteiger partial charge < -0.3 is 4.74 Å². The highest BCUT2D eigenvalue weighted by Crippen LogP contribution is 2.16. The van der Waals surface area contributed by atoms with Crippen molar-refractivity contribution in [3.63, 3.8) is 0 Å². The lowest BCUT2D eigenvalue weighted by molar-refractivity contribution is 0.0470. The Hall–Kier alpha value is -0.0400. The van der Waals surface area contributed by atoms with E-state index in [0.717, 1.165) is 13.0 Å². The van der Waals surface area contributed by atoms with Crippen LogP contribution in [0.1, 0.15) is 104 Å². The van der Waals surface area contributed by atoms with Crippen molar-refractivity contribution in [2.45, 2.75) is 110 Å². The monoisotopic (exact) mass is 283 g/mol. The van der Waals surface area contributed by atoms with Crippen molar-refractivity contribution in [1.82, 2.24) is 0 Å². The fraction of sp³-hybridized carbons (Fsp3) is 0.947. The van der Waals surface area contributed by atoms with E-state index in [0.29, 0.717) is 6.10 Å². The summed E-state index contributed by atoms with van der Waals surface area (Å²) in [5.41, 5.74) is 0. The summed E-state index contributed by atoms with van der Waals surface area (Å²) < 4.78 is 5.87. The topological polar surface area (TPSA) is 9.23 Å². The molecule has 0 amide bonds. The third kappa shape index (κ3) is 14.4. The highest BCUT2D eigenvalue weighted by atomic mass is 16.5. The van der Waals surface area contributed by atoms with Gasteiger partial charge in [-0.25, -0.2) is 0 Å². The van der Waals surface area contributed by atoms with E-state index in [-0.39, 0.29) is 0 Å². The third-order valence-electron chi connectivity index (χ3n) is 4.06. The van der Waals surface area contributed by atoms with Crippen LogP contribution < -0.4 is 0 Å². The van der Waals surface area contributed by atoms with Gasteiger partial charge in [-0.15, -0.1) is 0 Å². The number of hydrogen-bond donors (Lipinski definition) is 0. The first-order chi connectivity index (χ1) is 9.85. The molecule has 20 heavy (non-hydrogen) atoms. The Bertz CT molecular complexity index is 167. The first-order valence-corrected chi connectivity index (χ1v) is 9.26. The Labute approximate surface area is 128 Å². The zero-order valence-corrected chi connectivity index (χ0v) is 14.3. The fourth-order valence-electron chi connectivity index (χ4n) is 2.78. The van der Waals surface area contributed by atoms with Gasteiger partial charge >= 0.3 is 0 Å². The largest absolute Gasteiger partial charge is 0.379 e. The van der Waals surface area contributed by atoms with E-state index >= 15 is 0 Å². The van der Waals surface area contributed by atoms with Gasteiger partial charge in [0, 0.05) is 6.61 Å². The Morgan fingerprint density at radius 1 is 0.700 bits per heavy atom. The lowest BCUT2D eigenvalue weighted by Crippen LogP contribution is -2.12. The maximum absolute atomic E-state index is 5.87. The SMILES string of the molecule is [CH2]CCCCCCCCCC(CCCCCC)OCC. The van der Waals surface area contributed by atoms with Crippen LogP contribution in [0.4, 0.5) is 0 Å². The molecule has 0 spiro atoms. The highest BCUT2D eigenvalue weighted by molar-refractivity contribution is 4.60. The summed E-state index contributed by atoms with van der Waals surface area (Å²) in [6.45, 7) is 9.17. The van der Waals surface area contributed by atoms with Crippen molar-refractivity contribution in [3.8, 4) is 0 Å². The maximum Gasteiger partial charge on any atom is 0.0575 e. The molecule has 0 fully saturated rings. The fourth-order valence-corrected chi connectivity index (χ4v) is 2.78. The molecule has 1 nitrogen and oxygen atoms in total. The van der Waals surface area contributed by atoms with Crippen molar-refractivity contribution in [2.75, 3.05) is 6.61 Å². The van der Waals surface area contributed by atoms with Crippen LogP contribution in [0.2, 0.25) is 0 Å². The van der Waals surface area contributed by atoms with Gasteiger partial charge in [0.25, 0.3) is 0 Å². The molecular formula is C19H39O. The van der Waals surface area contributed by atoms with Crippen molar-refractivity contribution in [2.24, 2.45) is 0 Å².